The third-order valence-electron chi connectivity index (χ3n) is 3.29. The van der Waals surface area contributed by atoms with E-state index in [1.165, 1.54) is 12.1 Å². The second-order valence-corrected chi connectivity index (χ2v) is 6.55. The maximum absolute atomic E-state index is 11.3. The fourth-order valence-electron chi connectivity index (χ4n) is 2.09. The van der Waals surface area contributed by atoms with E-state index >= 15 is 0 Å². The molecule has 9 nitrogen and oxygen atoms in total. The molecule has 0 spiro atoms. The summed E-state index contributed by atoms with van der Waals surface area (Å²) >= 11 is 0. The topological polar surface area (TPSA) is 143 Å². The molecular weight excluding hydrogens is 344 g/mol. The van der Waals surface area contributed by atoms with Crippen molar-refractivity contribution in [3.05, 3.63) is 35.4 Å². The summed E-state index contributed by atoms with van der Waals surface area (Å²) in [5.74, 6) is 0.911. The zero-order chi connectivity index (χ0) is 18.4. The van der Waals surface area contributed by atoms with Crippen molar-refractivity contribution in [2.24, 2.45) is 5.14 Å². The van der Waals surface area contributed by atoms with E-state index in [4.69, 9.17) is 15.3 Å². The highest BCUT2D eigenvalue weighted by molar-refractivity contribution is 7.89. The highest BCUT2D eigenvalue weighted by atomic mass is 32.2. The summed E-state index contributed by atoms with van der Waals surface area (Å²) in [4.78, 5) is 8.50. The number of rotatable bonds is 8. The highest BCUT2D eigenvalue weighted by Crippen LogP contribution is 2.22. The Morgan fingerprint density at radius 1 is 1.24 bits per heavy atom. The first-order valence-corrected chi connectivity index (χ1v) is 9.02. The molecule has 2 rings (SSSR count). The molecule has 2 aromatic rings. The van der Waals surface area contributed by atoms with E-state index in [0.717, 1.165) is 11.8 Å². The van der Waals surface area contributed by atoms with Crippen LogP contribution in [-0.2, 0) is 16.6 Å². The third-order valence-corrected chi connectivity index (χ3v) is 4.22. The predicted octanol–water partition coefficient (Wildman–Crippen LogP) is 1.17. The zero-order valence-electron chi connectivity index (χ0n) is 13.9. The fourth-order valence-corrected chi connectivity index (χ4v) is 2.60. The van der Waals surface area contributed by atoms with Crippen molar-refractivity contribution in [2.45, 2.75) is 18.4 Å². The van der Waals surface area contributed by atoms with E-state index < -0.39 is 10.0 Å². The molecule has 1 aromatic carbocycles. The van der Waals surface area contributed by atoms with Crippen LogP contribution in [0.25, 0.3) is 0 Å². The van der Waals surface area contributed by atoms with Gasteiger partial charge in [0.25, 0.3) is 0 Å². The van der Waals surface area contributed by atoms with Gasteiger partial charge in [0, 0.05) is 19.8 Å². The summed E-state index contributed by atoms with van der Waals surface area (Å²) in [5, 5.41) is 18.7. The standard InChI is InChI=1S/C15H20N6O3S/c1-3-24-15-20-13(18-2)12(8-16)14(21-15)19-9-10-4-6-11(7-5-10)25(17,22)23/h4-8,16H,3,9H2,1-2H3,(H2,17,22,23)(H2,18,19,20,21). The lowest BCUT2D eigenvalue weighted by Gasteiger charge is -2.13. The van der Waals surface area contributed by atoms with Gasteiger partial charge >= 0.3 is 6.01 Å². The van der Waals surface area contributed by atoms with Crippen LogP contribution in [0.4, 0.5) is 11.6 Å². The minimum Gasteiger partial charge on any atom is -0.464 e. The summed E-state index contributed by atoms with van der Waals surface area (Å²) in [6.07, 6.45) is 1.15. The van der Waals surface area contributed by atoms with Crippen LogP contribution in [0.2, 0.25) is 0 Å². The number of hydrogen-bond acceptors (Lipinski definition) is 8. The first kappa shape index (κ1) is 18.6. The fraction of sp³-hybridized carbons (Fsp3) is 0.267. The average Bonchev–Trinajstić information content (AvgIpc) is 2.59. The minimum atomic E-state index is -3.71. The number of hydrogen-bond donors (Lipinski definition) is 4. The molecule has 5 N–H and O–H groups in total. The van der Waals surface area contributed by atoms with Crippen molar-refractivity contribution in [1.82, 2.24) is 9.97 Å². The number of ether oxygens (including phenoxy) is 1. The van der Waals surface area contributed by atoms with Crippen molar-refractivity contribution in [1.29, 1.82) is 5.41 Å². The Kier molecular flexibility index (Phi) is 5.88. The average molecular weight is 364 g/mol. The first-order chi connectivity index (χ1) is 11.9. The molecule has 0 saturated heterocycles. The molecule has 134 valence electrons. The van der Waals surface area contributed by atoms with Crippen LogP contribution in [0.5, 0.6) is 6.01 Å². The van der Waals surface area contributed by atoms with Gasteiger partial charge in [0.05, 0.1) is 17.1 Å². The molecule has 0 bridgehead atoms. The van der Waals surface area contributed by atoms with E-state index in [-0.39, 0.29) is 10.9 Å². The van der Waals surface area contributed by atoms with Crippen molar-refractivity contribution in [3.8, 4) is 6.01 Å². The predicted molar refractivity (Wildman–Crippen MR) is 95.8 cm³/mol. The molecular formula is C15H20N6O3S. The molecule has 0 aliphatic carbocycles. The smallest absolute Gasteiger partial charge is 0.320 e. The van der Waals surface area contributed by atoms with Crippen LogP contribution in [-0.4, -0.2) is 38.3 Å². The van der Waals surface area contributed by atoms with Gasteiger partial charge < -0.3 is 20.8 Å². The van der Waals surface area contributed by atoms with Gasteiger partial charge in [-0.25, -0.2) is 13.6 Å². The Morgan fingerprint density at radius 2 is 1.88 bits per heavy atom. The van der Waals surface area contributed by atoms with Crippen LogP contribution in [0, 0.1) is 5.41 Å². The molecule has 0 aliphatic rings. The van der Waals surface area contributed by atoms with Gasteiger partial charge in [0.15, 0.2) is 0 Å². The third kappa shape index (κ3) is 4.64. The number of nitrogens with one attached hydrogen (secondary N) is 3. The Morgan fingerprint density at radius 3 is 2.40 bits per heavy atom. The maximum Gasteiger partial charge on any atom is 0.320 e. The molecule has 0 saturated carbocycles. The number of nitrogens with two attached hydrogens (primary N) is 1. The molecule has 0 amide bonds. The van der Waals surface area contributed by atoms with Crippen LogP contribution in [0.3, 0.4) is 0 Å². The van der Waals surface area contributed by atoms with Crippen molar-refractivity contribution in [2.75, 3.05) is 24.3 Å². The lowest BCUT2D eigenvalue weighted by atomic mass is 10.2. The molecule has 0 unspecified atom stereocenters. The van der Waals surface area contributed by atoms with Gasteiger partial charge in [-0.1, -0.05) is 12.1 Å². The van der Waals surface area contributed by atoms with Crippen molar-refractivity contribution < 1.29 is 13.2 Å². The van der Waals surface area contributed by atoms with Gasteiger partial charge in [-0.05, 0) is 24.6 Å². The van der Waals surface area contributed by atoms with E-state index in [9.17, 15) is 8.42 Å². The number of primary sulfonamides is 1. The first-order valence-electron chi connectivity index (χ1n) is 7.47. The van der Waals surface area contributed by atoms with Crippen molar-refractivity contribution >= 4 is 27.9 Å². The number of benzene rings is 1. The largest absolute Gasteiger partial charge is 0.464 e. The van der Waals surface area contributed by atoms with Gasteiger partial charge in [0.2, 0.25) is 10.0 Å². The van der Waals surface area contributed by atoms with E-state index in [2.05, 4.69) is 20.6 Å². The van der Waals surface area contributed by atoms with Crippen molar-refractivity contribution in [3.63, 3.8) is 0 Å². The lowest BCUT2D eigenvalue weighted by Crippen LogP contribution is -2.12. The maximum atomic E-state index is 11.3. The number of nitrogens with zero attached hydrogens (tertiary/aromatic N) is 2. The summed E-state index contributed by atoms with van der Waals surface area (Å²) < 4.78 is 27.9. The SMILES string of the molecule is CCOc1nc(NC)c(C=N)c(NCc2ccc(S(N)(=O)=O)cc2)n1. The lowest BCUT2D eigenvalue weighted by molar-refractivity contribution is 0.313. The van der Waals surface area contributed by atoms with E-state index in [1.54, 1.807) is 19.2 Å². The second-order valence-electron chi connectivity index (χ2n) is 4.99. The molecule has 1 heterocycles. The van der Waals surface area contributed by atoms with Gasteiger partial charge in [-0.2, -0.15) is 9.97 Å². The normalized spacial score (nSPS) is 11.0. The summed E-state index contributed by atoms with van der Waals surface area (Å²) in [6.45, 7) is 2.62. The summed E-state index contributed by atoms with van der Waals surface area (Å²) in [7, 11) is -2.02. The van der Waals surface area contributed by atoms with Gasteiger partial charge in [0.1, 0.15) is 11.6 Å². The summed E-state index contributed by atoms with van der Waals surface area (Å²) in [5.41, 5.74) is 1.32. The highest BCUT2D eigenvalue weighted by Gasteiger charge is 2.13. The molecule has 0 fully saturated rings. The second kappa shape index (κ2) is 7.90. The Labute approximate surface area is 146 Å². The monoisotopic (exact) mass is 364 g/mol. The van der Waals surface area contributed by atoms with Gasteiger partial charge in [-0.3, -0.25) is 0 Å². The number of sulfonamides is 1. The van der Waals surface area contributed by atoms with Crippen LogP contribution in [0.1, 0.15) is 18.1 Å². The summed E-state index contributed by atoms with van der Waals surface area (Å²) in [6, 6.07) is 6.38. The van der Waals surface area contributed by atoms with Gasteiger partial charge in [-0.15, -0.1) is 0 Å². The minimum absolute atomic E-state index is 0.0505. The molecule has 0 aliphatic heterocycles. The Balaban J connectivity index is 2.24. The molecule has 1 aromatic heterocycles. The molecule has 0 atom stereocenters. The quantitative estimate of drug-likeness (QED) is 0.515. The Bertz CT molecular complexity index is 852. The van der Waals surface area contributed by atoms with Crippen LogP contribution < -0.4 is 20.5 Å². The molecule has 10 heteroatoms. The van der Waals surface area contributed by atoms with E-state index in [0.29, 0.717) is 30.4 Å². The number of aromatic nitrogens is 2. The molecule has 25 heavy (non-hydrogen) atoms. The van der Waals surface area contributed by atoms with E-state index in [1.807, 2.05) is 6.92 Å². The molecule has 0 radical (unpaired) electrons. The van der Waals surface area contributed by atoms with Crippen LogP contribution in [0.15, 0.2) is 29.2 Å². The Hall–Kier alpha value is -2.72. The number of anilines is 2. The zero-order valence-corrected chi connectivity index (χ0v) is 14.7. The van der Waals surface area contributed by atoms with Crippen LogP contribution >= 0.6 is 0 Å².